The summed E-state index contributed by atoms with van der Waals surface area (Å²) in [6.45, 7) is 0.590. The van der Waals surface area contributed by atoms with Crippen molar-refractivity contribution in [2.45, 2.75) is 38.1 Å². The van der Waals surface area contributed by atoms with Crippen molar-refractivity contribution in [2.24, 2.45) is 17.2 Å². The van der Waals surface area contributed by atoms with Crippen molar-refractivity contribution in [1.82, 2.24) is 5.32 Å². The maximum Gasteiger partial charge on any atom is 0.240 e. The Morgan fingerprint density at radius 3 is 2.18 bits per heavy atom. The number of nitrogens with one attached hydrogen (secondary N) is 1. The molecule has 0 aromatic heterocycles. The topological polar surface area (TPSA) is 141 Å². The molecule has 7 nitrogen and oxygen atoms in total. The Labute approximate surface area is 100 Å². The first-order valence-electron chi connectivity index (χ1n) is 5.54. The van der Waals surface area contributed by atoms with E-state index in [1.165, 1.54) is 0 Å². The monoisotopic (exact) mass is 244 g/mol. The minimum Gasteiger partial charge on any atom is -0.370 e. The van der Waals surface area contributed by atoms with Crippen molar-refractivity contribution < 1.29 is 14.4 Å². The number of hydrogen-bond donors (Lipinski definition) is 4. The molecule has 0 aromatic carbocycles. The number of rotatable bonds is 9. The summed E-state index contributed by atoms with van der Waals surface area (Å²) in [6, 6.07) is -1.02. The first-order valence-corrected chi connectivity index (χ1v) is 5.54. The zero-order chi connectivity index (χ0) is 13.3. The van der Waals surface area contributed by atoms with E-state index in [0.29, 0.717) is 13.0 Å². The Morgan fingerprint density at radius 2 is 1.71 bits per heavy atom. The Morgan fingerprint density at radius 1 is 1.06 bits per heavy atom. The summed E-state index contributed by atoms with van der Waals surface area (Å²) < 4.78 is 0. The molecular weight excluding hydrogens is 224 g/mol. The van der Waals surface area contributed by atoms with Gasteiger partial charge < -0.3 is 22.5 Å². The number of carbonyl (C=O) groups excluding carboxylic acids is 3. The zero-order valence-electron chi connectivity index (χ0n) is 9.78. The van der Waals surface area contributed by atoms with Crippen molar-refractivity contribution in [3.8, 4) is 0 Å². The zero-order valence-corrected chi connectivity index (χ0v) is 9.78. The van der Waals surface area contributed by atoms with Crippen molar-refractivity contribution in [1.29, 1.82) is 0 Å². The largest absolute Gasteiger partial charge is 0.370 e. The van der Waals surface area contributed by atoms with Crippen LogP contribution in [0.25, 0.3) is 0 Å². The van der Waals surface area contributed by atoms with Gasteiger partial charge in [0.05, 0.1) is 6.42 Å². The highest BCUT2D eigenvalue weighted by atomic mass is 16.2. The standard InChI is InChI=1S/C10H20N4O3/c11-5-3-1-2-4-9(16)14-7(10(13)17)6-8(12)15/h7H,1-6,11H2,(H2,12,15)(H2,13,17)(H,14,16)/t7-/m0/s1. The molecular formula is C10H20N4O3. The third-order valence-electron chi connectivity index (χ3n) is 2.19. The van der Waals surface area contributed by atoms with E-state index in [9.17, 15) is 14.4 Å². The Hall–Kier alpha value is -1.63. The average Bonchev–Trinajstić information content (AvgIpc) is 2.22. The van der Waals surface area contributed by atoms with Gasteiger partial charge in [-0.2, -0.15) is 0 Å². The Kier molecular flexibility index (Phi) is 7.70. The molecule has 0 saturated carbocycles. The highest BCUT2D eigenvalue weighted by Gasteiger charge is 2.19. The predicted octanol–water partition coefficient (Wildman–Crippen LogP) is -1.65. The molecule has 0 rings (SSSR count). The van der Waals surface area contributed by atoms with Crippen LogP contribution in [0.15, 0.2) is 0 Å². The van der Waals surface area contributed by atoms with E-state index in [1.807, 2.05) is 0 Å². The van der Waals surface area contributed by atoms with Crippen LogP contribution in [0.3, 0.4) is 0 Å². The van der Waals surface area contributed by atoms with Crippen LogP contribution in [0, 0.1) is 0 Å². The smallest absolute Gasteiger partial charge is 0.240 e. The molecule has 0 fully saturated rings. The van der Waals surface area contributed by atoms with Crippen LogP contribution < -0.4 is 22.5 Å². The van der Waals surface area contributed by atoms with Crippen LogP contribution in [0.4, 0.5) is 0 Å². The quantitative estimate of drug-likeness (QED) is 0.360. The van der Waals surface area contributed by atoms with Gasteiger partial charge in [-0.15, -0.1) is 0 Å². The molecule has 0 unspecified atom stereocenters. The highest BCUT2D eigenvalue weighted by molar-refractivity contribution is 5.90. The molecule has 98 valence electrons. The van der Waals surface area contributed by atoms with Crippen LogP contribution in [0.2, 0.25) is 0 Å². The number of hydrogen-bond acceptors (Lipinski definition) is 4. The molecule has 7 heteroatoms. The lowest BCUT2D eigenvalue weighted by Gasteiger charge is -2.13. The molecule has 0 radical (unpaired) electrons. The van der Waals surface area contributed by atoms with Gasteiger partial charge in [-0.1, -0.05) is 6.42 Å². The molecule has 3 amide bonds. The predicted molar refractivity (Wildman–Crippen MR) is 62.5 cm³/mol. The second-order valence-electron chi connectivity index (χ2n) is 3.79. The minimum absolute atomic E-state index is 0.274. The van der Waals surface area contributed by atoms with Gasteiger partial charge in [-0.25, -0.2) is 0 Å². The van der Waals surface area contributed by atoms with E-state index in [4.69, 9.17) is 17.2 Å². The summed E-state index contributed by atoms with van der Waals surface area (Å²) in [7, 11) is 0. The van der Waals surface area contributed by atoms with Gasteiger partial charge in [0.1, 0.15) is 6.04 Å². The van der Waals surface area contributed by atoms with Gasteiger partial charge in [0.25, 0.3) is 0 Å². The van der Waals surface area contributed by atoms with Gasteiger partial charge in [-0.3, -0.25) is 14.4 Å². The summed E-state index contributed by atoms with van der Waals surface area (Å²) in [6.07, 6.45) is 2.40. The average molecular weight is 244 g/mol. The molecule has 0 aliphatic rings. The molecule has 7 N–H and O–H groups in total. The van der Waals surface area contributed by atoms with Gasteiger partial charge in [0.15, 0.2) is 0 Å². The third-order valence-corrected chi connectivity index (χ3v) is 2.19. The van der Waals surface area contributed by atoms with Crippen molar-refractivity contribution in [3.63, 3.8) is 0 Å². The van der Waals surface area contributed by atoms with Gasteiger partial charge in [0, 0.05) is 6.42 Å². The molecule has 1 atom stereocenters. The van der Waals surface area contributed by atoms with E-state index >= 15 is 0 Å². The summed E-state index contributed by atoms with van der Waals surface area (Å²) in [5, 5.41) is 2.38. The summed E-state index contributed by atoms with van der Waals surface area (Å²) in [5.74, 6) is -1.76. The maximum absolute atomic E-state index is 11.4. The Balaban J connectivity index is 3.96. The molecule has 0 bridgehead atoms. The van der Waals surface area contributed by atoms with E-state index in [-0.39, 0.29) is 18.7 Å². The fourth-order valence-corrected chi connectivity index (χ4v) is 1.30. The molecule has 0 aromatic rings. The second-order valence-corrected chi connectivity index (χ2v) is 3.79. The van der Waals surface area contributed by atoms with Crippen molar-refractivity contribution in [2.75, 3.05) is 6.54 Å². The second kappa shape index (κ2) is 8.51. The summed E-state index contributed by atoms with van der Waals surface area (Å²) in [5.41, 5.74) is 15.3. The summed E-state index contributed by atoms with van der Waals surface area (Å²) in [4.78, 5) is 33.0. The lowest BCUT2D eigenvalue weighted by molar-refractivity contribution is -0.129. The van der Waals surface area contributed by atoms with E-state index in [0.717, 1.165) is 12.8 Å². The number of carbonyl (C=O) groups is 3. The first kappa shape index (κ1) is 15.4. The van der Waals surface area contributed by atoms with Crippen LogP contribution in [-0.2, 0) is 14.4 Å². The molecule has 0 spiro atoms. The number of unbranched alkanes of at least 4 members (excludes halogenated alkanes) is 2. The van der Waals surface area contributed by atoms with E-state index in [2.05, 4.69) is 5.32 Å². The van der Waals surface area contributed by atoms with Gasteiger partial charge in [-0.05, 0) is 19.4 Å². The van der Waals surface area contributed by atoms with E-state index < -0.39 is 17.9 Å². The number of primary amides is 2. The highest BCUT2D eigenvalue weighted by Crippen LogP contribution is 1.99. The SMILES string of the molecule is NCCCCCC(=O)N[C@@H](CC(N)=O)C(N)=O. The van der Waals surface area contributed by atoms with Crippen molar-refractivity contribution in [3.05, 3.63) is 0 Å². The first-order chi connectivity index (χ1) is 7.97. The molecule has 0 aliphatic heterocycles. The van der Waals surface area contributed by atoms with Crippen LogP contribution in [0.5, 0.6) is 0 Å². The van der Waals surface area contributed by atoms with Crippen LogP contribution in [-0.4, -0.2) is 30.3 Å². The maximum atomic E-state index is 11.4. The molecule has 0 saturated heterocycles. The van der Waals surface area contributed by atoms with Crippen LogP contribution >= 0.6 is 0 Å². The fourth-order valence-electron chi connectivity index (χ4n) is 1.30. The van der Waals surface area contributed by atoms with Crippen LogP contribution in [0.1, 0.15) is 32.1 Å². The normalized spacial score (nSPS) is 11.8. The molecule has 17 heavy (non-hydrogen) atoms. The summed E-state index contributed by atoms with van der Waals surface area (Å²) >= 11 is 0. The lowest BCUT2D eigenvalue weighted by atomic mass is 10.1. The number of amides is 3. The van der Waals surface area contributed by atoms with E-state index in [1.54, 1.807) is 0 Å². The number of nitrogens with two attached hydrogens (primary N) is 3. The molecule has 0 heterocycles. The van der Waals surface area contributed by atoms with Gasteiger partial charge >= 0.3 is 0 Å². The fraction of sp³-hybridized carbons (Fsp3) is 0.700. The van der Waals surface area contributed by atoms with Gasteiger partial charge in [0.2, 0.25) is 17.7 Å². The molecule has 0 aliphatic carbocycles. The lowest BCUT2D eigenvalue weighted by Crippen LogP contribution is -2.46. The third kappa shape index (κ3) is 8.21. The minimum atomic E-state index is -1.02. The van der Waals surface area contributed by atoms with Crippen molar-refractivity contribution >= 4 is 17.7 Å². The Bertz CT molecular complexity index is 281.